The second-order valence-electron chi connectivity index (χ2n) is 18.4. The number of benzene rings is 3. The molecule has 0 radical (unpaired) electrons. The van der Waals surface area contributed by atoms with Gasteiger partial charge in [0.25, 0.3) is 0 Å². The quantitative estimate of drug-likeness (QED) is 0.210. The van der Waals surface area contributed by atoms with Crippen LogP contribution in [-0.2, 0) is 29.7 Å². The molecule has 1 heteroatoms. The third-order valence-electron chi connectivity index (χ3n) is 11.5. The van der Waals surface area contributed by atoms with Gasteiger partial charge in [-0.2, -0.15) is 0 Å². The predicted octanol–water partition coefficient (Wildman–Crippen LogP) is 12.2. The Hall–Kier alpha value is -2.89. The topological polar surface area (TPSA) is 0 Å². The predicted molar refractivity (Wildman–Crippen MR) is 224 cm³/mol. The van der Waals surface area contributed by atoms with E-state index in [2.05, 4.69) is 194 Å². The van der Waals surface area contributed by atoms with E-state index in [1.54, 1.807) is 16.7 Å². The third kappa shape index (κ3) is 7.30. The van der Waals surface area contributed by atoms with Crippen LogP contribution in [-0.4, -0.2) is 3.21 Å². The molecule has 3 aliphatic carbocycles. The fourth-order valence-corrected chi connectivity index (χ4v) is 10.2. The summed E-state index contributed by atoms with van der Waals surface area (Å²) in [5, 5.41) is 2.77. The van der Waals surface area contributed by atoms with Gasteiger partial charge in [-0.05, 0) is 46.3 Å². The Balaban J connectivity index is 0.000000310. The first-order chi connectivity index (χ1) is 24.3. The van der Waals surface area contributed by atoms with Gasteiger partial charge in [0.05, 0.1) is 0 Å². The summed E-state index contributed by atoms with van der Waals surface area (Å²) in [6, 6.07) is 26.1. The van der Waals surface area contributed by atoms with Crippen LogP contribution in [0, 0.1) is 28.6 Å². The van der Waals surface area contributed by atoms with Gasteiger partial charge in [-0.15, -0.1) is 33.7 Å². The number of hydrogen-bond donors (Lipinski definition) is 0. The molecule has 3 aliphatic rings. The summed E-state index contributed by atoms with van der Waals surface area (Å²) in [6.07, 6.45) is 12.2. The monoisotopic (exact) mass is 765 g/mol. The van der Waals surface area contributed by atoms with Gasteiger partial charge in [-0.25, -0.2) is 0 Å². The molecular weight excluding hydrogens is 704 g/mol. The number of allylic oxidation sites excluding steroid dienone is 8. The molecule has 1 atom stereocenters. The van der Waals surface area contributed by atoms with Crippen molar-refractivity contribution in [3.05, 3.63) is 152 Å². The Labute approximate surface area is 332 Å². The summed E-state index contributed by atoms with van der Waals surface area (Å²) in [5.41, 5.74) is 14.8. The minimum absolute atomic E-state index is 0.0477. The third-order valence-corrected chi connectivity index (χ3v) is 12.9. The molecule has 0 saturated heterocycles. The van der Waals surface area contributed by atoms with E-state index >= 15 is 0 Å². The first-order valence-electron chi connectivity index (χ1n) is 19.7. The summed E-state index contributed by atoms with van der Waals surface area (Å²) in [7, 11) is 0. The first-order valence-corrected chi connectivity index (χ1v) is 20.9. The van der Waals surface area contributed by atoms with Gasteiger partial charge in [0.2, 0.25) is 0 Å². The fraction of sp³-hybridized carbons (Fsp3) is 0.431. The summed E-state index contributed by atoms with van der Waals surface area (Å²) < 4.78 is 1.42. The molecule has 272 valence electrons. The van der Waals surface area contributed by atoms with E-state index in [-0.39, 0.29) is 16.2 Å². The van der Waals surface area contributed by atoms with Crippen molar-refractivity contribution in [2.45, 2.75) is 115 Å². The van der Waals surface area contributed by atoms with E-state index in [0.717, 1.165) is 6.42 Å². The second-order valence-corrected chi connectivity index (χ2v) is 19.7. The van der Waals surface area contributed by atoms with Gasteiger partial charge >= 0.3 is 99.2 Å². The van der Waals surface area contributed by atoms with Crippen molar-refractivity contribution in [3.8, 4) is 0 Å². The maximum atomic E-state index is 4.14. The van der Waals surface area contributed by atoms with Crippen molar-refractivity contribution in [2.75, 3.05) is 0 Å². The minimum atomic E-state index is -0.0721. The zero-order valence-electron chi connectivity index (χ0n) is 34.7. The van der Waals surface area contributed by atoms with Crippen LogP contribution in [0.1, 0.15) is 132 Å². The molecule has 0 bridgehead atoms. The Kier molecular flexibility index (Phi) is 12.0. The summed E-state index contributed by atoms with van der Waals surface area (Å²) in [4.78, 5) is 0. The summed E-state index contributed by atoms with van der Waals surface area (Å²) in [5.74, 6) is 1.80. The molecule has 0 heterocycles. The first kappa shape index (κ1) is 40.3. The molecule has 1 unspecified atom stereocenters. The molecule has 0 aromatic heterocycles. The van der Waals surface area contributed by atoms with Crippen molar-refractivity contribution in [3.63, 3.8) is 0 Å². The molecule has 0 amide bonds. The normalized spacial score (nSPS) is 18.6. The van der Waals surface area contributed by atoms with E-state index in [1.165, 1.54) is 76.9 Å². The van der Waals surface area contributed by atoms with Gasteiger partial charge in [-0.3, -0.25) is 0 Å². The standard InChI is InChI=1S/C38H53.C13H10.Zr/c1-22(2)29-21-28(36(9,10)11)19-27-20-30-33(32(27)29)31(23(3)4)34(24(5)6)38(25(7)8,37(12,13)14)35(30)26-17-15-16-18-26;1-3-7-12(8-4-1)11-13-9-5-2-6-10-13;/h15-17,19,21-25H,18H2,1-14H3;1-10H;/q-1;;. The van der Waals surface area contributed by atoms with Gasteiger partial charge < -0.3 is 0 Å². The molecule has 3 aromatic rings. The van der Waals surface area contributed by atoms with Gasteiger partial charge in [0.1, 0.15) is 0 Å². The van der Waals surface area contributed by atoms with Crippen molar-refractivity contribution < 1.29 is 24.2 Å². The SMILES string of the molecule is CC(C)C1=C(C(C)C)C(C(C)C)(C(C)(C)C)C(C2=CC=CC2)=C2[C-]=c3cc(C(C)(C)C)cc(C(C)C)c3=C21.[Zr]=[C](c1ccccc1)c1ccccc1. The molecule has 0 fully saturated rings. The van der Waals surface area contributed by atoms with Crippen LogP contribution in [0.4, 0.5) is 0 Å². The second kappa shape index (κ2) is 15.5. The van der Waals surface area contributed by atoms with Crippen LogP contribution < -0.4 is 10.4 Å². The van der Waals surface area contributed by atoms with Crippen molar-refractivity contribution >= 4 is 14.9 Å². The Bertz CT molecular complexity index is 2020. The fourth-order valence-electron chi connectivity index (χ4n) is 9.42. The van der Waals surface area contributed by atoms with Gasteiger partial charge in [0.15, 0.2) is 0 Å². The average molecular weight is 767 g/mol. The van der Waals surface area contributed by atoms with E-state index in [4.69, 9.17) is 0 Å². The molecule has 0 nitrogen and oxygen atoms in total. The van der Waals surface area contributed by atoms with Crippen LogP contribution in [0.15, 0.2) is 119 Å². The van der Waals surface area contributed by atoms with E-state index in [1.807, 2.05) is 0 Å². The Morgan fingerprint density at radius 1 is 0.731 bits per heavy atom. The molecule has 52 heavy (non-hydrogen) atoms. The molecule has 3 aromatic carbocycles. The van der Waals surface area contributed by atoms with E-state index in [0.29, 0.717) is 23.7 Å². The van der Waals surface area contributed by atoms with E-state index < -0.39 is 0 Å². The number of rotatable bonds is 7. The van der Waals surface area contributed by atoms with Crippen LogP contribution in [0.25, 0.3) is 11.6 Å². The Morgan fingerprint density at radius 3 is 1.69 bits per heavy atom. The molecule has 6 rings (SSSR count). The zero-order chi connectivity index (χ0) is 38.3. The van der Waals surface area contributed by atoms with Gasteiger partial charge in [0, 0.05) is 0 Å². The van der Waals surface area contributed by atoms with Crippen molar-refractivity contribution in [2.24, 2.45) is 28.6 Å². The average Bonchev–Trinajstić information content (AvgIpc) is 3.74. The maximum absolute atomic E-state index is 4.14. The van der Waals surface area contributed by atoms with Crippen LogP contribution in [0.3, 0.4) is 0 Å². The summed E-state index contributed by atoms with van der Waals surface area (Å²) >= 11 is 1.46. The zero-order valence-corrected chi connectivity index (χ0v) is 37.1. The molecule has 0 N–H and O–H groups in total. The van der Waals surface area contributed by atoms with E-state index in [9.17, 15) is 0 Å². The molecular formula is C51H63Zr-. The van der Waals surface area contributed by atoms with Crippen LogP contribution >= 0.6 is 0 Å². The molecule has 0 aliphatic heterocycles. The molecule has 0 saturated carbocycles. The van der Waals surface area contributed by atoms with Gasteiger partial charge in [-0.1, -0.05) is 155 Å². The summed E-state index contributed by atoms with van der Waals surface area (Å²) in [6.45, 7) is 33.9. The Morgan fingerprint density at radius 2 is 1.29 bits per heavy atom. The van der Waals surface area contributed by atoms with Crippen molar-refractivity contribution in [1.29, 1.82) is 0 Å². The number of hydrogen-bond acceptors (Lipinski definition) is 0. The molecule has 0 spiro atoms. The van der Waals surface area contributed by atoms with Crippen LogP contribution in [0.2, 0.25) is 0 Å². The van der Waals surface area contributed by atoms with Crippen molar-refractivity contribution in [1.82, 2.24) is 0 Å². The van der Waals surface area contributed by atoms with Crippen LogP contribution in [0.5, 0.6) is 0 Å². The number of fused-ring (bicyclic) bond motifs is 2.